The second-order valence-corrected chi connectivity index (χ2v) is 5.31. The lowest BCUT2D eigenvalue weighted by Gasteiger charge is -2.04. The molecule has 2 rings (SSSR count). The third kappa shape index (κ3) is 2.94. The third-order valence-electron chi connectivity index (χ3n) is 2.65. The molecule has 0 unspecified atom stereocenters. The molecule has 1 aromatic carbocycles. The zero-order valence-corrected chi connectivity index (χ0v) is 11.6. The first kappa shape index (κ1) is 14.4. The van der Waals surface area contributed by atoms with Crippen molar-refractivity contribution in [1.82, 2.24) is 0 Å². The van der Waals surface area contributed by atoms with E-state index in [1.807, 2.05) is 0 Å². The van der Waals surface area contributed by atoms with Crippen molar-refractivity contribution in [2.24, 2.45) is 0 Å². The Bertz CT molecular complexity index is 654. The number of aliphatic hydroxyl groups is 1. The Hall–Kier alpha value is -1.99. The van der Waals surface area contributed by atoms with Gasteiger partial charge in [-0.25, -0.2) is 4.39 Å². The van der Waals surface area contributed by atoms with Crippen molar-refractivity contribution in [3.8, 4) is 10.8 Å². The summed E-state index contributed by atoms with van der Waals surface area (Å²) in [6, 6.07) is 5.37. The molecule has 2 aromatic rings. The molecule has 1 heterocycles. The lowest BCUT2D eigenvalue weighted by molar-refractivity contribution is -0.385. The Morgan fingerprint density at radius 1 is 1.45 bits per heavy atom. The summed E-state index contributed by atoms with van der Waals surface area (Å²) in [4.78, 5) is 10.8. The number of nitrogens with zero attached hydrogens (tertiary/aromatic N) is 1. The number of thiophene rings is 1. The Labute approximate surface area is 118 Å². The lowest BCUT2D eigenvalue weighted by Crippen LogP contribution is -1.90. The average molecular weight is 297 g/mol. The second-order valence-electron chi connectivity index (χ2n) is 4.27. The van der Waals surface area contributed by atoms with Crippen LogP contribution in [0, 0.1) is 22.9 Å². The fraction of sp³-hybridized carbons (Fsp3) is 0.231. The maximum absolute atomic E-state index is 13.2. The molecule has 0 fully saturated rings. The number of ether oxygens (including phenoxy) is 1. The summed E-state index contributed by atoms with van der Waals surface area (Å²) in [6.45, 7) is 3.09. The van der Waals surface area contributed by atoms with Crippen LogP contribution in [0.25, 0.3) is 0 Å². The molecule has 0 aliphatic carbocycles. The van der Waals surface area contributed by atoms with E-state index in [4.69, 9.17) is 4.74 Å². The van der Waals surface area contributed by atoms with E-state index in [-0.39, 0.29) is 16.6 Å². The van der Waals surface area contributed by atoms with Crippen LogP contribution in [0.3, 0.4) is 0 Å². The summed E-state index contributed by atoms with van der Waals surface area (Å²) >= 11 is 0.993. The summed E-state index contributed by atoms with van der Waals surface area (Å²) in [7, 11) is 0. The van der Waals surface area contributed by atoms with Crippen molar-refractivity contribution in [2.75, 3.05) is 0 Å². The highest BCUT2D eigenvalue weighted by Gasteiger charge is 2.23. The molecule has 0 radical (unpaired) electrons. The maximum Gasteiger partial charge on any atom is 0.323 e. The first-order valence-electron chi connectivity index (χ1n) is 5.78. The molecule has 1 atom stereocenters. The minimum absolute atomic E-state index is 0.0666. The first-order valence-corrected chi connectivity index (χ1v) is 6.60. The van der Waals surface area contributed by atoms with Gasteiger partial charge in [-0.2, -0.15) is 0 Å². The average Bonchev–Trinajstić information content (AvgIpc) is 2.78. The normalized spacial score (nSPS) is 12.2. The van der Waals surface area contributed by atoms with Crippen LogP contribution in [0.2, 0.25) is 0 Å². The fourth-order valence-electron chi connectivity index (χ4n) is 1.58. The smallest absolute Gasteiger partial charge is 0.323 e. The minimum Gasteiger partial charge on any atom is -0.440 e. The number of nitro groups is 1. The number of hydrogen-bond acceptors (Lipinski definition) is 5. The molecular weight excluding hydrogens is 285 g/mol. The van der Waals surface area contributed by atoms with Gasteiger partial charge in [0.1, 0.15) is 11.6 Å². The molecule has 7 heteroatoms. The number of aliphatic hydroxyl groups excluding tert-OH is 1. The van der Waals surface area contributed by atoms with Crippen LogP contribution in [0.15, 0.2) is 24.3 Å². The summed E-state index contributed by atoms with van der Waals surface area (Å²) in [6.07, 6.45) is -0.814. The van der Waals surface area contributed by atoms with E-state index < -0.39 is 11.0 Å². The minimum atomic E-state index is -0.814. The van der Waals surface area contributed by atoms with Gasteiger partial charge < -0.3 is 9.84 Å². The van der Waals surface area contributed by atoms with Crippen molar-refractivity contribution in [3.05, 3.63) is 50.6 Å². The zero-order chi connectivity index (χ0) is 14.9. The number of hydrogen-bond donors (Lipinski definition) is 1. The van der Waals surface area contributed by atoms with Crippen LogP contribution in [-0.4, -0.2) is 10.0 Å². The molecule has 1 aromatic heterocycles. The quantitative estimate of drug-likeness (QED) is 0.685. The van der Waals surface area contributed by atoms with Crippen LogP contribution >= 0.6 is 11.3 Å². The van der Waals surface area contributed by atoms with Gasteiger partial charge >= 0.3 is 5.69 Å². The number of aryl methyl sites for hydroxylation is 1. The van der Waals surface area contributed by atoms with E-state index in [9.17, 15) is 19.6 Å². The van der Waals surface area contributed by atoms with Gasteiger partial charge in [0.05, 0.1) is 11.0 Å². The molecule has 0 saturated carbocycles. The second kappa shape index (κ2) is 5.56. The molecule has 5 nitrogen and oxygen atoms in total. The van der Waals surface area contributed by atoms with Gasteiger partial charge in [0.15, 0.2) is 0 Å². The van der Waals surface area contributed by atoms with E-state index in [2.05, 4.69) is 0 Å². The summed E-state index contributed by atoms with van der Waals surface area (Å²) < 4.78 is 18.6. The van der Waals surface area contributed by atoms with Crippen molar-refractivity contribution in [3.63, 3.8) is 0 Å². The highest BCUT2D eigenvalue weighted by molar-refractivity contribution is 7.14. The van der Waals surface area contributed by atoms with Gasteiger partial charge in [0, 0.05) is 10.9 Å². The fourth-order valence-corrected chi connectivity index (χ4v) is 2.51. The lowest BCUT2D eigenvalue weighted by atomic mass is 10.2. The van der Waals surface area contributed by atoms with Crippen LogP contribution in [0.5, 0.6) is 10.8 Å². The van der Waals surface area contributed by atoms with E-state index >= 15 is 0 Å². The molecule has 0 aliphatic heterocycles. The van der Waals surface area contributed by atoms with Crippen molar-refractivity contribution >= 4 is 17.0 Å². The zero-order valence-electron chi connectivity index (χ0n) is 10.8. The van der Waals surface area contributed by atoms with Crippen molar-refractivity contribution < 1.29 is 19.2 Å². The molecule has 106 valence electrons. The van der Waals surface area contributed by atoms with E-state index in [1.54, 1.807) is 6.92 Å². The maximum atomic E-state index is 13.2. The molecule has 0 bridgehead atoms. The number of rotatable bonds is 4. The summed E-state index contributed by atoms with van der Waals surface area (Å²) in [5.41, 5.74) is 0.172. The Kier molecular flexibility index (Phi) is 4.01. The van der Waals surface area contributed by atoms with Crippen molar-refractivity contribution in [1.29, 1.82) is 0 Å². The van der Waals surface area contributed by atoms with Gasteiger partial charge in [0.2, 0.25) is 0 Å². The third-order valence-corrected chi connectivity index (χ3v) is 3.82. The van der Waals surface area contributed by atoms with Gasteiger partial charge in [-0.3, -0.25) is 10.1 Å². The summed E-state index contributed by atoms with van der Waals surface area (Å²) in [5, 5.41) is 20.5. The molecule has 0 amide bonds. The SMILES string of the molecule is Cc1cc(Oc2sc([C@@H](C)O)cc2[N+](=O)[O-])ccc1F. The Morgan fingerprint density at radius 3 is 2.70 bits per heavy atom. The van der Waals surface area contributed by atoms with Crippen molar-refractivity contribution in [2.45, 2.75) is 20.0 Å². The van der Waals surface area contributed by atoms with Crippen LogP contribution in [-0.2, 0) is 0 Å². The highest BCUT2D eigenvalue weighted by Crippen LogP contribution is 2.42. The monoisotopic (exact) mass is 297 g/mol. The van der Waals surface area contributed by atoms with Gasteiger partial charge in [-0.05, 0) is 37.6 Å². The van der Waals surface area contributed by atoms with Gasteiger partial charge in [0.25, 0.3) is 5.06 Å². The predicted octanol–water partition coefficient (Wildman–Crippen LogP) is 3.95. The number of benzene rings is 1. The van der Waals surface area contributed by atoms with Crippen LogP contribution in [0.4, 0.5) is 10.1 Å². The molecule has 0 saturated heterocycles. The molecule has 20 heavy (non-hydrogen) atoms. The first-order chi connectivity index (χ1) is 9.38. The molecule has 1 N–H and O–H groups in total. The van der Waals surface area contributed by atoms with Gasteiger partial charge in [-0.1, -0.05) is 11.3 Å². The summed E-state index contributed by atoms with van der Waals surface area (Å²) in [5.74, 6) is -0.0614. The standard InChI is InChI=1S/C13H12FNO4S/c1-7-5-9(3-4-10(7)14)19-13-11(15(17)18)6-12(20-13)8(2)16/h3-6,8,16H,1-2H3/t8-/m1/s1. The number of halogens is 1. The van der Waals surface area contributed by atoms with Crippen LogP contribution in [0.1, 0.15) is 23.5 Å². The Morgan fingerprint density at radius 2 is 2.15 bits per heavy atom. The van der Waals surface area contributed by atoms with E-state index in [1.165, 1.54) is 31.2 Å². The Balaban J connectivity index is 2.36. The highest BCUT2D eigenvalue weighted by atomic mass is 32.1. The van der Waals surface area contributed by atoms with E-state index in [0.29, 0.717) is 16.2 Å². The largest absolute Gasteiger partial charge is 0.440 e. The predicted molar refractivity (Wildman–Crippen MR) is 72.8 cm³/mol. The molecular formula is C13H12FNO4S. The van der Waals surface area contributed by atoms with Crippen LogP contribution < -0.4 is 4.74 Å². The van der Waals surface area contributed by atoms with E-state index in [0.717, 1.165) is 11.3 Å². The molecule has 0 spiro atoms. The topological polar surface area (TPSA) is 72.6 Å². The molecule has 0 aliphatic rings. The van der Waals surface area contributed by atoms with Gasteiger partial charge in [-0.15, -0.1) is 0 Å².